The molecule has 0 spiro atoms. The quantitative estimate of drug-likeness (QED) is 0.908. The molecule has 2 aromatic rings. The van der Waals surface area contributed by atoms with E-state index in [2.05, 4.69) is 9.97 Å². The second kappa shape index (κ2) is 5.43. The molecule has 19 heavy (non-hydrogen) atoms. The van der Waals surface area contributed by atoms with E-state index in [1.165, 1.54) is 0 Å². The van der Waals surface area contributed by atoms with Crippen LogP contribution in [0.2, 0.25) is 0 Å². The van der Waals surface area contributed by atoms with E-state index in [1.807, 2.05) is 6.92 Å². The van der Waals surface area contributed by atoms with E-state index >= 15 is 0 Å². The average Bonchev–Trinajstić information content (AvgIpc) is 2.37. The molecule has 100 valence electrons. The Morgan fingerprint density at radius 2 is 1.47 bits per heavy atom. The number of nitrogens with zero attached hydrogens (tertiary/aromatic N) is 2. The van der Waals surface area contributed by atoms with Crippen LogP contribution in [0.3, 0.4) is 0 Å². The molecule has 0 aliphatic carbocycles. The Morgan fingerprint density at radius 1 is 0.895 bits per heavy atom. The van der Waals surface area contributed by atoms with Crippen molar-refractivity contribution in [2.75, 3.05) is 20.0 Å². The Balaban J connectivity index is 2.31. The van der Waals surface area contributed by atoms with Crippen molar-refractivity contribution >= 4 is 5.95 Å². The third-order valence-corrected chi connectivity index (χ3v) is 2.40. The first-order valence-electron chi connectivity index (χ1n) is 5.63. The van der Waals surface area contributed by atoms with E-state index in [-0.39, 0.29) is 5.95 Å². The van der Waals surface area contributed by atoms with Crippen LogP contribution < -0.4 is 19.9 Å². The molecule has 0 aliphatic rings. The summed E-state index contributed by atoms with van der Waals surface area (Å²) in [5.74, 6) is 2.36. The maximum absolute atomic E-state index is 5.63. The Hall–Kier alpha value is -2.50. The van der Waals surface area contributed by atoms with E-state index < -0.39 is 0 Å². The summed E-state index contributed by atoms with van der Waals surface area (Å²) < 4.78 is 16.0. The molecule has 6 heteroatoms. The molecule has 0 aliphatic heterocycles. The lowest BCUT2D eigenvalue weighted by Gasteiger charge is -2.09. The molecule has 0 unspecified atom stereocenters. The lowest BCUT2D eigenvalue weighted by atomic mass is 10.3. The summed E-state index contributed by atoms with van der Waals surface area (Å²) >= 11 is 0. The second-order valence-corrected chi connectivity index (χ2v) is 3.86. The molecule has 1 aromatic carbocycles. The minimum absolute atomic E-state index is 0.171. The topological polar surface area (TPSA) is 79.5 Å². The second-order valence-electron chi connectivity index (χ2n) is 3.86. The summed E-state index contributed by atoms with van der Waals surface area (Å²) in [6, 6.07) is 6.92. The lowest BCUT2D eigenvalue weighted by Crippen LogP contribution is -1.99. The van der Waals surface area contributed by atoms with Gasteiger partial charge in [-0.15, -0.1) is 0 Å². The lowest BCUT2D eigenvalue weighted by molar-refractivity contribution is 0.385. The number of nitrogens with two attached hydrogens (primary N) is 1. The van der Waals surface area contributed by atoms with Gasteiger partial charge in [-0.05, 0) is 6.92 Å². The molecular formula is C13H15N3O3. The van der Waals surface area contributed by atoms with Gasteiger partial charge in [0.05, 0.1) is 14.2 Å². The van der Waals surface area contributed by atoms with Gasteiger partial charge in [0.1, 0.15) is 17.2 Å². The van der Waals surface area contributed by atoms with Gasteiger partial charge in [-0.3, -0.25) is 0 Å². The summed E-state index contributed by atoms with van der Waals surface area (Å²) in [6.45, 7) is 1.82. The molecule has 0 atom stereocenters. The normalized spacial score (nSPS) is 10.1. The SMILES string of the molecule is COc1cc(OC)cc(Oc2cc(C)nc(N)n2)c1. The minimum Gasteiger partial charge on any atom is -0.496 e. The van der Waals surface area contributed by atoms with Gasteiger partial charge < -0.3 is 19.9 Å². The first-order chi connectivity index (χ1) is 9.10. The Morgan fingerprint density at radius 3 is 2.00 bits per heavy atom. The van der Waals surface area contributed by atoms with Crippen LogP contribution in [0, 0.1) is 6.92 Å². The zero-order valence-corrected chi connectivity index (χ0v) is 11.0. The van der Waals surface area contributed by atoms with Crippen molar-refractivity contribution in [3.63, 3.8) is 0 Å². The van der Waals surface area contributed by atoms with E-state index in [9.17, 15) is 0 Å². The number of aromatic nitrogens is 2. The van der Waals surface area contributed by atoms with Crippen LogP contribution in [0.25, 0.3) is 0 Å². The van der Waals surface area contributed by atoms with Crippen LogP contribution in [0.1, 0.15) is 5.69 Å². The van der Waals surface area contributed by atoms with Crippen molar-refractivity contribution in [1.82, 2.24) is 9.97 Å². The molecule has 1 aromatic heterocycles. The minimum atomic E-state index is 0.171. The third-order valence-electron chi connectivity index (χ3n) is 2.40. The van der Waals surface area contributed by atoms with Crippen molar-refractivity contribution in [2.45, 2.75) is 6.92 Å². The Kier molecular flexibility index (Phi) is 3.70. The first-order valence-corrected chi connectivity index (χ1v) is 5.63. The molecule has 0 radical (unpaired) electrons. The van der Waals surface area contributed by atoms with Gasteiger partial charge in [0.2, 0.25) is 11.8 Å². The summed E-state index contributed by atoms with van der Waals surface area (Å²) in [4.78, 5) is 7.98. The monoisotopic (exact) mass is 261 g/mol. The number of methoxy groups -OCH3 is 2. The van der Waals surface area contributed by atoms with E-state index in [0.717, 1.165) is 5.69 Å². The molecule has 0 amide bonds. The number of hydrogen-bond acceptors (Lipinski definition) is 6. The Bertz CT molecular complexity index is 545. The zero-order chi connectivity index (χ0) is 13.8. The third kappa shape index (κ3) is 3.25. The highest BCUT2D eigenvalue weighted by Crippen LogP contribution is 2.30. The van der Waals surface area contributed by atoms with Crippen LogP contribution in [0.5, 0.6) is 23.1 Å². The fraction of sp³-hybridized carbons (Fsp3) is 0.231. The first kappa shape index (κ1) is 12.9. The van der Waals surface area contributed by atoms with Gasteiger partial charge in [0.15, 0.2) is 0 Å². The van der Waals surface area contributed by atoms with E-state index in [0.29, 0.717) is 23.1 Å². The van der Waals surface area contributed by atoms with Crippen LogP contribution in [0.15, 0.2) is 24.3 Å². The summed E-state index contributed by atoms with van der Waals surface area (Å²) in [6.07, 6.45) is 0. The highest BCUT2D eigenvalue weighted by molar-refractivity contribution is 5.43. The zero-order valence-electron chi connectivity index (χ0n) is 11.0. The molecular weight excluding hydrogens is 246 g/mol. The highest BCUT2D eigenvalue weighted by atomic mass is 16.5. The van der Waals surface area contributed by atoms with Crippen molar-refractivity contribution in [3.05, 3.63) is 30.0 Å². The van der Waals surface area contributed by atoms with Gasteiger partial charge in [0, 0.05) is 30.0 Å². The fourth-order valence-corrected chi connectivity index (χ4v) is 1.58. The molecule has 0 fully saturated rings. The number of nitrogen functional groups attached to an aromatic ring is 1. The molecule has 0 bridgehead atoms. The average molecular weight is 261 g/mol. The Labute approximate surface area is 111 Å². The largest absolute Gasteiger partial charge is 0.496 e. The fourth-order valence-electron chi connectivity index (χ4n) is 1.58. The predicted molar refractivity (Wildman–Crippen MR) is 70.8 cm³/mol. The van der Waals surface area contributed by atoms with Crippen molar-refractivity contribution < 1.29 is 14.2 Å². The van der Waals surface area contributed by atoms with Gasteiger partial charge in [-0.25, -0.2) is 4.98 Å². The van der Waals surface area contributed by atoms with Gasteiger partial charge >= 0.3 is 0 Å². The van der Waals surface area contributed by atoms with Gasteiger partial charge in [-0.2, -0.15) is 4.98 Å². The van der Waals surface area contributed by atoms with Crippen LogP contribution >= 0.6 is 0 Å². The summed E-state index contributed by atoms with van der Waals surface area (Å²) in [5.41, 5.74) is 6.31. The maximum atomic E-state index is 5.63. The standard InChI is InChI=1S/C13H15N3O3/c1-8-4-12(16-13(14)15-8)19-11-6-9(17-2)5-10(7-11)18-3/h4-7H,1-3H3,(H2,14,15,16). The molecule has 2 N–H and O–H groups in total. The van der Waals surface area contributed by atoms with Crippen molar-refractivity contribution in [3.8, 4) is 23.1 Å². The number of ether oxygens (including phenoxy) is 3. The van der Waals surface area contributed by atoms with Crippen molar-refractivity contribution in [1.29, 1.82) is 0 Å². The number of rotatable bonds is 4. The highest BCUT2D eigenvalue weighted by Gasteiger charge is 2.06. The molecule has 6 nitrogen and oxygen atoms in total. The van der Waals surface area contributed by atoms with Crippen LogP contribution in [-0.2, 0) is 0 Å². The maximum Gasteiger partial charge on any atom is 0.224 e. The number of aryl methyl sites for hydroxylation is 1. The molecule has 2 rings (SSSR count). The van der Waals surface area contributed by atoms with Crippen LogP contribution in [-0.4, -0.2) is 24.2 Å². The van der Waals surface area contributed by atoms with Crippen molar-refractivity contribution in [2.24, 2.45) is 0 Å². The number of hydrogen-bond donors (Lipinski definition) is 1. The summed E-state index contributed by atoms with van der Waals surface area (Å²) in [7, 11) is 3.15. The molecule has 0 saturated carbocycles. The van der Waals surface area contributed by atoms with E-state index in [1.54, 1.807) is 38.5 Å². The molecule has 0 saturated heterocycles. The predicted octanol–water partition coefficient (Wildman–Crippen LogP) is 2.18. The van der Waals surface area contributed by atoms with Gasteiger partial charge in [-0.1, -0.05) is 0 Å². The number of benzene rings is 1. The number of anilines is 1. The summed E-state index contributed by atoms with van der Waals surface area (Å²) in [5, 5.41) is 0. The van der Waals surface area contributed by atoms with E-state index in [4.69, 9.17) is 19.9 Å². The smallest absolute Gasteiger partial charge is 0.224 e. The molecule has 1 heterocycles. The van der Waals surface area contributed by atoms with Crippen LogP contribution in [0.4, 0.5) is 5.95 Å². The van der Waals surface area contributed by atoms with Gasteiger partial charge in [0.25, 0.3) is 0 Å².